The Morgan fingerprint density at radius 2 is 2.04 bits per heavy atom. The van der Waals surface area contributed by atoms with Crippen molar-refractivity contribution in [1.82, 2.24) is 15.0 Å². The zero-order valence-corrected chi connectivity index (χ0v) is 16.6. The highest BCUT2D eigenvalue weighted by Crippen LogP contribution is 2.28. The molecule has 4 rings (SSSR count). The van der Waals surface area contributed by atoms with Crippen LogP contribution in [0.15, 0.2) is 34.9 Å². The van der Waals surface area contributed by atoms with Crippen LogP contribution in [0.4, 0.5) is 0 Å². The minimum Gasteiger partial charge on any atom is -0.393 e. The molecule has 0 unspecified atom stereocenters. The number of carbonyl (C=O) groups is 1. The molecule has 3 heterocycles. The van der Waals surface area contributed by atoms with Crippen LogP contribution in [0.1, 0.15) is 53.4 Å². The minimum atomic E-state index is -0.304. The molecule has 7 heteroatoms. The first kappa shape index (κ1) is 19.4. The molecule has 2 aliphatic heterocycles. The zero-order valence-electron chi connectivity index (χ0n) is 15.9. The molecule has 2 saturated heterocycles. The molecule has 28 heavy (non-hydrogen) atoms. The van der Waals surface area contributed by atoms with Crippen LogP contribution in [0, 0.1) is 0 Å². The topological polar surface area (TPSA) is 69.8 Å². The predicted octanol–water partition coefficient (Wildman–Crippen LogP) is 3.30. The summed E-state index contributed by atoms with van der Waals surface area (Å²) in [5.41, 5.74) is 2.06. The van der Waals surface area contributed by atoms with E-state index in [1.165, 1.54) is 5.56 Å². The van der Waals surface area contributed by atoms with E-state index in [0.29, 0.717) is 31.7 Å². The lowest BCUT2D eigenvalue weighted by Crippen LogP contribution is -2.39. The largest absolute Gasteiger partial charge is 0.393 e. The van der Waals surface area contributed by atoms with Crippen molar-refractivity contribution in [1.29, 1.82) is 0 Å². The summed E-state index contributed by atoms with van der Waals surface area (Å²) in [6.45, 7) is 3.92. The third-order valence-electron chi connectivity index (χ3n) is 5.71. The Hall–Kier alpha value is -1.89. The van der Waals surface area contributed by atoms with Crippen molar-refractivity contribution < 1.29 is 14.4 Å². The highest BCUT2D eigenvalue weighted by Gasteiger charge is 2.28. The van der Waals surface area contributed by atoms with Crippen molar-refractivity contribution in [2.75, 3.05) is 26.2 Å². The first-order valence-electron chi connectivity index (χ1n) is 9.99. The van der Waals surface area contributed by atoms with E-state index in [-0.39, 0.29) is 17.9 Å². The number of aliphatic hydroxyl groups is 1. The van der Waals surface area contributed by atoms with Crippen molar-refractivity contribution in [3.05, 3.63) is 52.4 Å². The molecule has 2 fully saturated rings. The van der Waals surface area contributed by atoms with Gasteiger partial charge in [-0.1, -0.05) is 28.9 Å². The average Bonchev–Trinajstić information content (AvgIpc) is 3.19. The number of carbonyl (C=O) groups excluding carboxylic acids is 1. The fourth-order valence-electron chi connectivity index (χ4n) is 4.14. The van der Waals surface area contributed by atoms with Gasteiger partial charge in [-0.2, -0.15) is 0 Å². The number of rotatable bonds is 4. The second-order valence-electron chi connectivity index (χ2n) is 7.84. The number of halogens is 1. The fraction of sp³-hybridized carbons (Fsp3) is 0.524. The standard InChI is InChI=1S/C21H26ClN3O3/c22-17-5-1-3-15(11-17)13-24-8-2-4-16(14-24)19-12-20(28-23-19)21(27)25-9-6-18(26)7-10-25/h1,3,5,11-12,16,18,26H,2,4,6-10,13-14H2/t16-/m0/s1. The van der Waals surface area contributed by atoms with E-state index < -0.39 is 0 Å². The van der Waals surface area contributed by atoms with Crippen LogP contribution in [-0.2, 0) is 6.54 Å². The predicted molar refractivity (Wildman–Crippen MR) is 106 cm³/mol. The number of piperidine rings is 2. The maximum atomic E-state index is 12.6. The van der Waals surface area contributed by atoms with E-state index in [2.05, 4.69) is 16.1 Å². The van der Waals surface area contributed by atoms with Crippen LogP contribution in [0.3, 0.4) is 0 Å². The Bertz CT molecular complexity index is 817. The Labute approximate surface area is 170 Å². The SMILES string of the molecule is O=C(c1cc([C@H]2CCCN(Cc3cccc(Cl)c3)C2)no1)N1CCC(O)CC1. The second kappa shape index (κ2) is 8.64. The molecule has 1 atom stereocenters. The van der Waals surface area contributed by atoms with E-state index in [4.69, 9.17) is 16.1 Å². The third kappa shape index (κ3) is 4.57. The van der Waals surface area contributed by atoms with Gasteiger partial charge in [0.05, 0.1) is 11.8 Å². The number of nitrogens with zero attached hydrogens (tertiary/aromatic N) is 3. The number of hydrogen-bond acceptors (Lipinski definition) is 5. The molecule has 1 N–H and O–H groups in total. The van der Waals surface area contributed by atoms with Gasteiger partial charge in [0.1, 0.15) is 0 Å². The summed E-state index contributed by atoms with van der Waals surface area (Å²) in [6, 6.07) is 9.78. The fourth-order valence-corrected chi connectivity index (χ4v) is 4.35. The van der Waals surface area contributed by atoms with Crippen molar-refractivity contribution in [2.45, 2.75) is 44.2 Å². The van der Waals surface area contributed by atoms with Crippen LogP contribution in [0.2, 0.25) is 5.02 Å². The number of aliphatic hydroxyl groups excluding tert-OH is 1. The summed E-state index contributed by atoms with van der Waals surface area (Å²) in [5.74, 6) is 0.442. The molecule has 1 aromatic heterocycles. The van der Waals surface area contributed by atoms with Crippen molar-refractivity contribution in [2.24, 2.45) is 0 Å². The molecular formula is C21H26ClN3O3. The lowest BCUT2D eigenvalue weighted by molar-refractivity contribution is 0.0512. The summed E-state index contributed by atoms with van der Waals surface area (Å²) in [7, 11) is 0. The van der Waals surface area contributed by atoms with Gasteiger partial charge in [-0.3, -0.25) is 9.69 Å². The van der Waals surface area contributed by atoms with E-state index in [9.17, 15) is 9.90 Å². The number of hydrogen-bond donors (Lipinski definition) is 1. The van der Waals surface area contributed by atoms with Crippen LogP contribution in [0.5, 0.6) is 0 Å². The molecule has 0 aliphatic carbocycles. The van der Waals surface area contributed by atoms with Crippen LogP contribution < -0.4 is 0 Å². The number of benzene rings is 1. The molecule has 0 bridgehead atoms. The lowest BCUT2D eigenvalue weighted by Gasteiger charge is -2.31. The number of aromatic nitrogens is 1. The van der Waals surface area contributed by atoms with Crippen LogP contribution >= 0.6 is 11.6 Å². The molecule has 0 radical (unpaired) electrons. The number of amides is 1. The van der Waals surface area contributed by atoms with Gasteiger partial charge in [0.15, 0.2) is 0 Å². The summed E-state index contributed by atoms with van der Waals surface area (Å²) < 4.78 is 5.39. The third-order valence-corrected chi connectivity index (χ3v) is 5.94. The quantitative estimate of drug-likeness (QED) is 0.848. The highest BCUT2D eigenvalue weighted by atomic mass is 35.5. The van der Waals surface area contributed by atoms with Crippen molar-refractivity contribution in [3.8, 4) is 0 Å². The molecular weight excluding hydrogens is 378 g/mol. The molecule has 6 nitrogen and oxygen atoms in total. The van der Waals surface area contributed by atoms with Gasteiger partial charge in [-0.05, 0) is 49.9 Å². The second-order valence-corrected chi connectivity index (χ2v) is 8.28. The first-order chi connectivity index (χ1) is 13.6. The average molecular weight is 404 g/mol. The Morgan fingerprint density at radius 3 is 2.82 bits per heavy atom. The van der Waals surface area contributed by atoms with Crippen molar-refractivity contribution >= 4 is 17.5 Å². The molecule has 1 amide bonds. The van der Waals surface area contributed by atoms with Gasteiger partial charge in [-0.15, -0.1) is 0 Å². The molecule has 0 spiro atoms. The number of likely N-dealkylation sites (tertiary alicyclic amines) is 2. The molecule has 0 saturated carbocycles. The van der Waals surface area contributed by atoms with Gasteiger partial charge >= 0.3 is 0 Å². The van der Waals surface area contributed by atoms with Crippen LogP contribution in [-0.4, -0.2) is 58.3 Å². The van der Waals surface area contributed by atoms with Crippen molar-refractivity contribution in [3.63, 3.8) is 0 Å². The maximum absolute atomic E-state index is 12.6. The smallest absolute Gasteiger partial charge is 0.292 e. The van der Waals surface area contributed by atoms with E-state index in [1.807, 2.05) is 18.2 Å². The highest BCUT2D eigenvalue weighted by molar-refractivity contribution is 6.30. The molecule has 2 aromatic rings. The van der Waals surface area contributed by atoms with E-state index in [1.54, 1.807) is 11.0 Å². The first-order valence-corrected chi connectivity index (χ1v) is 10.4. The lowest BCUT2D eigenvalue weighted by atomic mass is 9.94. The Kier molecular flexibility index (Phi) is 5.99. The summed E-state index contributed by atoms with van der Waals surface area (Å²) >= 11 is 6.10. The van der Waals surface area contributed by atoms with E-state index >= 15 is 0 Å². The molecule has 150 valence electrons. The molecule has 1 aromatic carbocycles. The van der Waals surface area contributed by atoms with Gasteiger partial charge in [0.25, 0.3) is 5.91 Å². The van der Waals surface area contributed by atoms with Gasteiger partial charge in [0.2, 0.25) is 5.76 Å². The Morgan fingerprint density at radius 1 is 1.21 bits per heavy atom. The maximum Gasteiger partial charge on any atom is 0.292 e. The molecule has 2 aliphatic rings. The minimum absolute atomic E-state index is 0.128. The monoisotopic (exact) mass is 403 g/mol. The Balaban J connectivity index is 1.38. The van der Waals surface area contributed by atoms with Crippen LogP contribution in [0.25, 0.3) is 0 Å². The summed E-state index contributed by atoms with van der Waals surface area (Å²) in [5, 5.41) is 14.6. The zero-order chi connectivity index (χ0) is 19.5. The van der Waals surface area contributed by atoms with Gasteiger partial charge < -0.3 is 14.5 Å². The summed E-state index contributed by atoms with van der Waals surface area (Å²) in [4.78, 5) is 16.8. The van der Waals surface area contributed by atoms with Gasteiger partial charge in [-0.25, -0.2) is 0 Å². The normalized spacial score (nSPS) is 21.8. The van der Waals surface area contributed by atoms with Gasteiger partial charge in [0, 0.05) is 43.2 Å². The summed E-state index contributed by atoms with van der Waals surface area (Å²) in [6.07, 6.45) is 3.07. The van der Waals surface area contributed by atoms with E-state index in [0.717, 1.165) is 43.2 Å².